The molecular weight excluding hydrogens is 146 g/mol. The molecule has 4 nitrogen and oxygen atoms in total. The second-order valence-corrected chi connectivity index (χ2v) is 3.45. The molecule has 0 radical (unpaired) electrons. The van der Waals surface area contributed by atoms with E-state index in [2.05, 4.69) is 0 Å². The van der Waals surface area contributed by atoms with Crippen LogP contribution in [0, 0.1) is 0 Å². The fraction of sp³-hybridized carbons (Fsp3) is 1.00. The molecule has 1 aliphatic heterocycles. The minimum absolute atomic E-state index is 0.276. The van der Waals surface area contributed by atoms with Crippen LogP contribution in [0.5, 0.6) is 0 Å². The molecular formula is C7H15NO3. The van der Waals surface area contributed by atoms with E-state index in [1.54, 1.807) is 13.8 Å². The van der Waals surface area contributed by atoms with E-state index < -0.39 is 24.0 Å². The van der Waals surface area contributed by atoms with Gasteiger partial charge in [-0.15, -0.1) is 0 Å². The van der Waals surface area contributed by atoms with Crippen LogP contribution in [0.15, 0.2) is 0 Å². The smallest absolute Gasteiger partial charge is 0.156 e. The lowest BCUT2D eigenvalue weighted by Crippen LogP contribution is -2.59. The lowest BCUT2D eigenvalue weighted by molar-refractivity contribution is -0.215. The molecule has 4 heteroatoms. The molecule has 0 aliphatic carbocycles. The summed E-state index contributed by atoms with van der Waals surface area (Å²) >= 11 is 0. The van der Waals surface area contributed by atoms with Crippen LogP contribution < -0.4 is 5.73 Å². The van der Waals surface area contributed by atoms with Gasteiger partial charge in [0.25, 0.3) is 0 Å². The standard InChI is InChI=1S/C7H15NO3/c1-4-6(10)7(2,8)3-5(9)11-4/h4-6,9-10H,3,8H2,1-2H3/t4?,5-,6-,7?/m1/s1. The van der Waals surface area contributed by atoms with Gasteiger partial charge in [0, 0.05) is 12.0 Å². The molecule has 4 atom stereocenters. The quantitative estimate of drug-likeness (QED) is 0.434. The summed E-state index contributed by atoms with van der Waals surface area (Å²) < 4.78 is 4.96. The summed E-state index contributed by atoms with van der Waals surface area (Å²) in [5.74, 6) is 0. The number of aliphatic hydroxyl groups excluding tert-OH is 2. The Morgan fingerprint density at radius 2 is 2.09 bits per heavy atom. The molecule has 1 fully saturated rings. The van der Waals surface area contributed by atoms with E-state index >= 15 is 0 Å². The number of nitrogens with two attached hydrogens (primary N) is 1. The van der Waals surface area contributed by atoms with Crippen LogP contribution >= 0.6 is 0 Å². The third-order valence-electron chi connectivity index (χ3n) is 2.11. The highest BCUT2D eigenvalue weighted by Gasteiger charge is 2.40. The first-order valence-electron chi connectivity index (χ1n) is 3.74. The zero-order valence-electron chi connectivity index (χ0n) is 6.82. The van der Waals surface area contributed by atoms with Crippen molar-refractivity contribution in [3.63, 3.8) is 0 Å². The van der Waals surface area contributed by atoms with Crippen molar-refractivity contribution < 1.29 is 14.9 Å². The Balaban J connectivity index is 2.67. The lowest BCUT2D eigenvalue weighted by atomic mass is 9.86. The molecule has 4 N–H and O–H groups in total. The average molecular weight is 161 g/mol. The van der Waals surface area contributed by atoms with Crippen molar-refractivity contribution in [2.45, 2.75) is 44.3 Å². The summed E-state index contributed by atoms with van der Waals surface area (Å²) in [4.78, 5) is 0. The van der Waals surface area contributed by atoms with Crippen molar-refractivity contribution in [2.24, 2.45) is 5.73 Å². The molecule has 66 valence electrons. The fourth-order valence-corrected chi connectivity index (χ4v) is 1.40. The van der Waals surface area contributed by atoms with Gasteiger partial charge in [-0.2, -0.15) is 0 Å². The molecule has 1 heterocycles. The Labute approximate surface area is 66.0 Å². The van der Waals surface area contributed by atoms with Crippen LogP contribution in [0.3, 0.4) is 0 Å². The van der Waals surface area contributed by atoms with Crippen LogP contribution in [-0.4, -0.2) is 34.2 Å². The molecule has 11 heavy (non-hydrogen) atoms. The molecule has 0 aromatic carbocycles. The van der Waals surface area contributed by atoms with Gasteiger partial charge in [0.2, 0.25) is 0 Å². The molecule has 2 unspecified atom stereocenters. The van der Waals surface area contributed by atoms with Gasteiger partial charge in [0.15, 0.2) is 6.29 Å². The summed E-state index contributed by atoms with van der Waals surface area (Å²) in [6.07, 6.45) is -1.67. The third kappa shape index (κ3) is 1.70. The molecule has 1 saturated heterocycles. The van der Waals surface area contributed by atoms with Crippen LogP contribution in [-0.2, 0) is 4.74 Å². The zero-order chi connectivity index (χ0) is 8.65. The Morgan fingerprint density at radius 1 is 1.55 bits per heavy atom. The summed E-state index contributed by atoms with van der Waals surface area (Å²) in [5.41, 5.74) is 4.97. The maximum Gasteiger partial charge on any atom is 0.156 e. The molecule has 0 bridgehead atoms. The Bertz CT molecular complexity index is 149. The number of hydrogen-bond acceptors (Lipinski definition) is 4. The second-order valence-electron chi connectivity index (χ2n) is 3.45. The van der Waals surface area contributed by atoms with Crippen molar-refractivity contribution in [3.8, 4) is 0 Å². The monoisotopic (exact) mass is 161 g/mol. The highest BCUT2D eigenvalue weighted by molar-refractivity contribution is 4.94. The summed E-state index contributed by atoms with van der Waals surface area (Å²) in [5, 5.41) is 18.6. The van der Waals surface area contributed by atoms with Crippen molar-refractivity contribution in [1.82, 2.24) is 0 Å². The van der Waals surface area contributed by atoms with Crippen molar-refractivity contribution in [1.29, 1.82) is 0 Å². The lowest BCUT2D eigenvalue weighted by Gasteiger charge is -2.41. The van der Waals surface area contributed by atoms with E-state index in [-0.39, 0.29) is 6.42 Å². The normalized spacial score (nSPS) is 52.6. The molecule has 0 aromatic rings. The SMILES string of the molecule is CC1O[C@@H](O)CC(C)(N)[C@@H]1O. The topological polar surface area (TPSA) is 75.7 Å². The second kappa shape index (κ2) is 2.71. The molecule has 0 saturated carbocycles. The predicted molar refractivity (Wildman–Crippen MR) is 39.8 cm³/mol. The number of ether oxygens (including phenoxy) is 1. The summed E-state index contributed by atoms with van der Waals surface area (Å²) in [7, 11) is 0. The van der Waals surface area contributed by atoms with Crippen LogP contribution in [0.1, 0.15) is 20.3 Å². The molecule has 0 spiro atoms. The minimum Gasteiger partial charge on any atom is -0.389 e. The first-order valence-corrected chi connectivity index (χ1v) is 3.74. The van der Waals surface area contributed by atoms with Gasteiger partial charge in [-0.3, -0.25) is 0 Å². The van der Waals surface area contributed by atoms with Gasteiger partial charge in [0.1, 0.15) is 0 Å². The van der Waals surface area contributed by atoms with E-state index in [0.717, 1.165) is 0 Å². The van der Waals surface area contributed by atoms with Crippen LogP contribution in [0.2, 0.25) is 0 Å². The van der Waals surface area contributed by atoms with Crippen LogP contribution in [0.4, 0.5) is 0 Å². The highest BCUT2D eigenvalue weighted by atomic mass is 16.6. The molecule has 0 aromatic heterocycles. The predicted octanol–water partition coefficient (Wildman–Crippen LogP) is -0.808. The van der Waals surface area contributed by atoms with E-state index in [1.807, 2.05) is 0 Å². The Kier molecular flexibility index (Phi) is 2.20. The molecule has 1 rings (SSSR count). The Hall–Kier alpha value is -0.160. The van der Waals surface area contributed by atoms with E-state index in [9.17, 15) is 5.11 Å². The third-order valence-corrected chi connectivity index (χ3v) is 2.11. The van der Waals surface area contributed by atoms with Gasteiger partial charge in [0.05, 0.1) is 12.2 Å². The number of rotatable bonds is 0. The van der Waals surface area contributed by atoms with E-state index in [0.29, 0.717) is 0 Å². The first-order chi connectivity index (χ1) is 4.93. The van der Waals surface area contributed by atoms with Crippen molar-refractivity contribution in [2.75, 3.05) is 0 Å². The largest absolute Gasteiger partial charge is 0.389 e. The van der Waals surface area contributed by atoms with E-state index in [4.69, 9.17) is 15.6 Å². The molecule has 1 aliphatic rings. The number of hydrogen-bond donors (Lipinski definition) is 3. The molecule has 0 amide bonds. The van der Waals surface area contributed by atoms with Gasteiger partial charge >= 0.3 is 0 Å². The van der Waals surface area contributed by atoms with Gasteiger partial charge < -0.3 is 20.7 Å². The average Bonchev–Trinajstić information content (AvgIpc) is 1.81. The summed E-state index contributed by atoms with van der Waals surface area (Å²) in [6, 6.07) is 0. The fourth-order valence-electron chi connectivity index (χ4n) is 1.40. The number of aliphatic hydroxyl groups is 2. The Morgan fingerprint density at radius 3 is 2.55 bits per heavy atom. The first kappa shape index (κ1) is 8.93. The van der Waals surface area contributed by atoms with Crippen molar-refractivity contribution in [3.05, 3.63) is 0 Å². The maximum atomic E-state index is 9.46. The summed E-state index contributed by atoms with van der Waals surface area (Å²) in [6.45, 7) is 3.40. The highest BCUT2D eigenvalue weighted by Crippen LogP contribution is 2.25. The maximum absolute atomic E-state index is 9.46. The van der Waals surface area contributed by atoms with Crippen LogP contribution in [0.25, 0.3) is 0 Å². The zero-order valence-corrected chi connectivity index (χ0v) is 6.82. The van der Waals surface area contributed by atoms with Gasteiger partial charge in [-0.05, 0) is 13.8 Å². The minimum atomic E-state index is -0.844. The van der Waals surface area contributed by atoms with Gasteiger partial charge in [-0.25, -0.2) is 0 Å². The van der Waals surface area contributed by atoms with E-state index in [1.165, 1.54) is 0 Å². The van der Waals surface area contributed by atoms with Gasteiger partial charge in [-0.1, -0.05) is 0 Å². The van der Waals surface area contributed by atoms with Crippen molar-refractivity contribution >= 4 is 0 Å².